The molecule has 5 N–H and O–H groups in total. The molecule has 2 aromatic carbocycles. The highest BCUT2D eigenvalue weighted by molar-refractivity contribution is 7.89. The number of hydrogen-bond acceptors (Lipinski definition) is 6. The number of nitrogens with two attached hydrogens (primary N) is 2. The lowest BCUT2D eigenvalue weighted by atomic mass is 10.2. The Morgan fingerprint density at radius 3 is 2.32 bits per heavy atom. The first-order valence-corrected chi connectivity index (χ1v) is 8.36. The lowest BCUT2D eigenvalue weighted by molar-refractivity contribution is -0.119. The van der Waals surface area contributed by atoms with Crippen molar-refractivity contribution >= 4 is 33.3 Å². The van der Waals surface area contributed by atoms with Gasteiger partial charge in [0, 0.05) is 11.4 Å². The van der Waals surface area contributed by atoms with Gasteiger partial charge in [0.1, 0.15) is 5.82 Å². The predicted octanol–water partition coefficient (Wildman–Crippen LogP) is 0.851. The number of carbonyl (C=O) groups excluding carboxylic acids is 2. The molecule has 10 heteroatoms. The molecule has 8 nitrogen and oxygen atoms in total. The van der Waals surface area contributed by atoms with E-state index in [1.807, 2.05) is 0 Å². The molecule has 0 aliphatic heterocycles. The summed E-state index contributed by atoms with van der Waals surface area (Å²) in [7, 11) is -3.83. The monoisotopic (exact) mass is 367 g/mol. The molecule has 0 atom stereocenters. The summed E-state index contributed by atoms with van der Waals surface area (Å²) in [5, 5.41) is 7.37. The maximum absolute atomic E-state index is 12.9. The molecule has 1 amide bonds. The summed E-state index contributed by atoms with van der Waals surface area (Å²) in [4.78, 5) is 23.4. The Labute approximate surface area is 142 Å². The second-order valence-corrected chi connectivity index (χ2v) is 6.49. The minimum Gasteiger partial charge on any atom is -0.452 e. The van der Waals surface area contributed by atoms with Crippen molar-refractivity contribution in [2.24, 2.45) is 5.14 Å². The van der Waals surface area contributed by atoms with Crippen LogP contribution in [0.3, 0.4) is 0 Å². The van der Waals surface area contributed by atoms with E-state index in [-0.39, 0.29) is 21.8 Å². The Kier molecular flexibility index (Phi) is 5.35. The fourth-order valence-electron chi connectivity index (χ4n) is 1.85. The second-order valence-electron chi connectivity index (χ2n) is 4.93. The summed E-state index contributed by atoms with van der Waals surface area (Å²) in [6.45, 7) is -0.605. The topological polar surface area (TPSA) is 142 Å². The van der Waals surface area contributed by atoms with Crippen LogP contribution in [-0.2, 0) is 19.6 Å². The molecule has 0 radical (unpaired) electrons. The Morgan fingerprint density at radius 2 is 1.76 bits per heavy atom. The van der Waals surface area contributed by atoms with Gasteiger partial charge in [-0.05, 0) is 42.5 Å². The average Bonchev–Trinajstić information content (AvgIpc) is 2.52. The van der Waals surface area contributed by atoms with Crippen LogP contribution in [0.4, 0.5) is 15.8 Å². The molecule has 0 aliphatic rings. The van der Waals surface area contributed by atoms with Crippen LogP contribution >= 0.6 is 0 Å². The van der Waals surface area contributed by atoms with Crippen molar-refractivity contribution in [3.05, 3.63) is 53.8 Å². The first-order valence-electron chi connectivity index (χ1n) is 6.81. The van der Waals surface area contributed by atoms with Gasteiger partial charge in [0.2, 0.25) is 10.0 Å². The van der Waals surface area contributed by atoms with Crippen LogP contribution in [0.1, 0.15) is 10.4 Å². The summed E-state index contributed by atoms with van der Waals surface area (Å²) in [5.74, 6) is -2.13. The van der Waals surface area contributed by atoms with Crippen LogP contribution in [0.15, 0.2) is 47.4 Å². The van der Waals surface area contributed by atoms with Gasteiger partial charge in [0.15, 0.2) is 6.61 Å². The summed E-state index contributed by atoms with van der Waals surface area (Å²) in [6.07, 6.45) is 0. The van der Waals surface area contributed by atoms with E-state index in [1.54, 1.807) is 0 Å². The summed E-state index contributed by atoms with van der Waals surface area (Å²) < 4.78 is 40.0. The van der Waals surface area contributed by atoms with Gasteiger partial charge in [0.05, 0.1) is 10.5 Å². The summed E-state index contributed by atoms with van der Waals surface area (Å²) in [6, 6.07) is 8.25. The summed E-state index contributed by atoms with van der Waals surface area (Å²) >= 11 is 0. The molecule has 0 unspecified atom stereocenters. The number of hydrogen-bond donors (Lipinski definition) is 3. The average molecular weight is 367 g/mol. The minimum atomic E-state index is -3.83. The molecular weight excluding hydrogens is 353 g/mol. The van der Waals surface area contributed by atoms with E-state index < -0.39 is 34.3 Å². The van der Waals surface area contributed by atoms with E-state index in [4.69, 9.17) is 15.6 Å². The molecule has 0 saturated heterocycles. The van der Waals surface area contributed by atoms with Gasteiger partial charge in [-0.1, -0.05) is 0 Å². The molecule has 0 saturated carbocycles. The normalized spacial score (nSPS) is 11.0. The summed E-state index contributed by atoms with van der Waals surface area (Å²) in [5.41, 5.74) is 5.62. The maximum Gasteiger partial charge on any atom is 0.340 e. The third-order valence-electron chi connectivity index (χ3n) is 3.03. The number of primary sulfonamides is 1. The van der Waals surface area contributed by atoms with Crippen molar-refractivity contribution in [3.63, 3.8) is 0 Å². The predicted molar refractivity (Wildman–Crippen MR) is 87.5 cm³/mol. The highest BCUT2D eigenvalue weighted by atomic mass is 32.2. The van der Waals surface area contributed by atoms with Gasteiger partial charge in [-0.3, -0.25) is 4.79 Å². The van der Waals surface area contributed by atoms with Gasteiger partial charge in [0.25, 0.3) is 5.91 Å². The molecule has 0 spiro atoms. The number of benzene rings is 2. The van der Waals surface area contributed by atoms with Gasteiger partial charge in [-0.25, -0.2) is 22.7 Å². The minimum absolute atomic E-state index is 0.0632. The Balaban J connectivity index is 1.93. The first-order chi connectivity index (χ1) is 11.7. The van der Waals surface area contributed by atoms with Crippen molar-refractivity contribution in [2.75, 3.05) is 17.7 Å². The van der Waals surface area contributed by atoms with Crippen molar-refractivity contribution in [1.82, 2.24) is 0 Å². The highest BCUT2D eigenvalue weighted by Crippen LogP contribution is 2.15. The fraction of sp³-hybridized carbons (Fsp3) is 0.0667. The Bertz CT molecular complexity index is 913. The highest BCUT2D eigenvalue weighted by Gasteiger charge is 2.14. The van der Waals surface area contributed by atoms with Crippen LogP contribution in [-0.4, -0.2) is 26.9 Å². The Morgan fingerprint density at radius 1 is 1.12 bits per heavy atom. The second kappa shape index (κ2) is 7.28. The molecule has 132 valence electrons. The number of ether oxygens (including phenoxy) is 1. The third kappa shape index (κ3) is 4.99. The smallest absolute Gasteiger partial charge is 0.340 e. The van der Waals surface area contributed by atoms with Crippen molar-refractivity contribution in [3.8, 4) is 0 Å². The lowest BCUT2D eigenvalue weighted by Gasteiger charge is -2.08. The molecule has 0 aromatic heterocycles. The molecule has 0 fully saturated rings. The van der Waals surface area contributed by atoms with Crippen molar-refractivity contribution in [1.29, 1.82) is 0 Å². The Hall–Kier alpha value is -2.98. The van der Waals surface area contributed by atoms with E-state index in [0.717, 1.165) is 18.2 Å². The number of esters is 1. The van der Waals surface area contributed by atoms with Gasteiger partial charge >= 0.3 is 5.97 Å². The zero-order valence-corrected chi connectivity index (χ0v) is 13.5. The van der Waals surface area contributed by atoms with Gasteiger partial charge in [-0.15, -0.1) is 0 Å². The van der Waals surface area contributed by atoms with Gasteiger partial charge < -0.3 is 15.8 Å². The molecule has 2 aromatic rings. The van der Waals surface area contributed by atoms with E-state index in [1.165, 1.54) is 24.3 Å². The van der Waals surface area contributed by atoms with E-state index in [2.05, 4.69) is 5.32 Å². The lowest BCUT2D eigenvalue weighted by Crippen LogP contribution is -2.21. The van der Waals surface area contributed by atoms with E-state index in [9.17, 15) is 22.4 Å². The number of nitrogen functional groups attached to an aromatic ring is 1. The number of carbonyl (C=O) groups is 2. The molecule has 25 heavy (non-hydrogen) atoms. The standard InChI is InChI=1S/C15H14FN3O5S/c16-9-1-6-12(13(17)7-9)15(21)24-8-14(20)19-10-2-4-11(5-3-10)25(18,22)23/h1-7H,8,17H2,(H,19,20)(H2,18,22,23). The van der Waals surface area contributed by atoms with Crippen LogP contribution in [0.25, 0.3) is 0 Å². The number of amides is 1. The van der Waals surface area contributed by atoms with E-state index in [0.29, 0.717) is 0 Å². The zero-order chi connectivity index (χ0) is 18.6. The van der Waals surface area contributed by atoms with Crippen molar-refractivity contribution in [2.45, 2.75) is 4.90 Å². The molecule has 0 bridgehead atoms. The van der Waals surface area contributed by atoms with Crippen LogP contribution in [0.5, 0.6) is 0 Å². The number of halogens is 1. The van der Waals surface area contributed by atoms with Crippen LogP contribution < -0.4 is 16.2 Å². The first kappa shape index (κ1) is 18.4. The molecule has 0 aliphatic carbocycles. The zero-order valence-electron chi connectivity index (χ0n) is 12.7. The SMILES string of the molecule is Nc1cc(F)ccc1C(=O)OCC(=O)Nc1ccc(S(N)(=O)=O)cc1. The molecule has 2 rings (SSSR count). The van der Waals surface area contributed by atoms with Crippen molar-refractivity contribution < 1.29 is 27.1 Å². The quantitative estimate of drug-likeness (QED) is 0.528. The van der Waals surface area contributed by atoms with Crippen LogP contribution in [0.2, 0.25) is 0 Å². The van der Waals surface area contributed by atoms with Gasteiger partial charge in [-0.2, -0.15) is 0 Å². The fourth-order valence-corrected chi connectivity index (χ4v) is 2.37. The van der Waals surface area contributed by atoms with Crippen LogP contribution in [0, 0.1) is 5.82 Å². The molecular formula is C15H14FN3O5S. The number of anilines is 2. The molecule has 0 heterocycles. The number of rotatable bonds is 5. The number of sulfonamides is 1. The number of nitrogens with one attached hydrogen (secondary N) is 1. The maximum atomic E-state index is 12.9. The third-order valence-corrected chi connectivity index (χ3v) is 3.96. The van der Waals surface area contributed by atoms with E-state index >= 15 is 0 Å². The largest absolute Gasteiger partial charge is 0.452 e.